The second-order valence-corrected chi connectivity index (χ2v) is 9.31. The van der Waals surface area contributed by atoms with Crippen molar-refractivity contribution >= 4 is 26.5 Å². The molecule has 166 valence electrons. The average molecular weight is 459 g/mol. The van der Waals surface area contributed by atoms with Gasteiger partial charge in [-0.2, -0.15) is 5.26 Å². The molecule has 6 nitrogen and oxygen atoms in total. The molecule has 0 fully saturated rings. The highest BCUT2D eigenvalue weighted by atomic mass is 32.2. The predicted molar refractivity (Wildman–Crippen MR) is 128 cm³/mol. The normalized spacial score (nSPS) is 12.1. The van der Waals surface area contributed by atoms with Crippen LogP contribution < -0.4 is 9.04 Å². The van der Waals surface area contributed by atoms with E-state index in [-0.39, 0.29) is 18.0 Å². The largest absolute Gasteiger partial charge is 0.490 e. The molecule has 0 saturated carbocycles. The fraction of sp³-hybridized carbons (Fsp3) is 0.115. The fourth-order valence-electron chi connectivity index (χ4n) is 3.52. The summed E-state index contributed by atoms with van der Waals surface area (Å²) in [7, 11) is -3.98. The van der Waals surface area contributed by atoms with Crippen LogP contribution in [0, 0.1) is 11.3 Å². The van der Waals surface area contributed by atoms with E-state index in [1.807, 2.05) is 48.5 Å². The van der Waals surface area contributed by atoms with Gasteiger partial charge in [0.25, 0.3) is 10.0 Å². The minimum Gasteiger partial charge on any atom is -0.490 e. The maximum atomic E-state index is 13.4. The molecule has 4 rings (SSSR count). The quantitative estimate of drug-likeness (QED) is 0.424. The molecule has 7 heteroatoms. The topological polar surface area (TPSA) is 90.6 Å². The molecule has 0 aliphatic carbocycles. The molecular weight excluding hydrogens is 436 g/mol. The number of aliphatic hydroxyl groups excluding tert-OH is 1. The lowest BCUT2D eigenvalue weighted by Crippen LogP contribution is -2.39. The molecule has 1 unspecified atom stereocenters. The van der Waals surface area contributed by atoms with E-state index in [1.54, 1.807) is 30.3 Å². The number of hydrogen-bond donors (Lipinski definition) is 1. The van der Waals surface area contributed by atoms with Gasteiger partial charge >= 0.3 is 0 Å². The molecule has 0 heterocycles. The molecule has 1 atom stereocenters. The molecule has 0 spiro atoms. The van der Waals surface area contributed by atoms with E-state index in [4.69, 9.17) is 10.00 Å². The van der Waals surface area contributed by atoms with Crippen LogP contribution in [0.5, 0.6) is 5.75 Å². The Morgan fingerprint density at radius 2 is 1.55 bits per heavy atom. The van der Waals surface area contributed by atoms with Crippen LogP contribution in [0.3, 0.4) is 0 Å². The van der Waals surface area contributed by atoms with Crippen molar-refractivity contribution in [2.75, 3.05) is 17.5 Å². The zero-order chi connectivity index (χ0) is 23.3. The number of fused-ring (bicyclic) bond motifs is 1. The molecule has 4 aromatic rings. The number of ether oxygens (including phenoxy) is 1. The number of nitrogens with zero attached hydrogens (tertiary/aromatic N) is 2. The summed E-state index contributed by atoms with van der Waals surface area (Å²) in [6.45, 7) is -0.280. The van der Waals surface area contributed by atoms with Gasteiger partial charge < -0.3 is 9.84 Å². The summed E-state index contributed by atoms with van der Waals surface area (Å²) in [5.74, 6) is 0.619. The number of benzene rings is 4. The van der Waals surface area contributed by atoms with E-state index in [2.05, 4.69) is 0 Å². The third-order valence-electron chi connectivity index (χ3n) is 5.17. The number of para-hydroxylation sites is 1. The van der Waals surface area contributed by atoms with Crippen LogP contribution in [0.4, 0.5) is 5.69 Å². The monoisotopic (exact) mass is 458 g/mol. The maximum Gasteiger partial charge on any atom is 0.264 e. The molecule has 0 radical (unpaired) electrons. The minimum absolute atomic E-state index is 0.0347. The first-order chi connectivity index (χ1) is 16.0. The van der Waals surface area contributed by atoms with Crippen molar-refractivity contribution < 1.29 is 18.3 Å². The van der Waals surface area contributed by atoms with E-state index in [0.29, 0.717) is 17.0 Å². The van der Waals surface area contributed by atoms with Gasteiger partial charge in [0.15, 0.2) is 0 Å². The van der Waals surface area contributed by atoms with Crippen LogP contribution in [0.25, 0.3) is 10.8 Å². The Morgan fingerprint density at radius 3 is 2.27 bits per heavy atom. The van der Waals surface area contributed by atoms with Crippen LogP contribution in [-0.2, 0) is 10.0 Å². The van der Waals surface area contributed by atoms with Crippen molar-refractivity contribution in [2.24, 2.45) is 0 Å². The number of hydrogen-bond acceptors (Lipinski definition) is 5. The molecule has 4 aromatic carbocycles. The van der Waals surface area contributed by atoms with E-state index in [0.717, 1.165) is 15.1 Å². The van der Waals surface area contributed by atoms with E-state index < -0.39 is 16.1 Å². The lowest BCUT2D eigenvalue weighted by Gasteiger charge is -2.27. The van der Waals surface area contributed by atoms with E-state index >= 15 is 0 Å². The highest BCUT2D eigenvalue weighted by Gasteiger charge is 2.27. The Balaban J connectivity index is 1.57. The average Bonchev–Trinajstić information content (AvgIpc) is 2.86. The summed E-state index contributed by atoms with van der Waals surface area (Å²) in [6.07, 6.45) is -1.09. The van der Waals surface area contributed by atoms with Crippen molar-refractivity contribution in [1.29, 1.82) is 5.26 Å². The van der Waals surface area contributed by atoms with Gasteiger partial charge in [0.05, 0.1) is 28.8 Å². The predicted octanol–water partition coefficient (Wildman–Crippen LogP) is 4.35. The first-order valence-corrected chi connectivity index (χ1v) is 11.8. The maximum absolute atomic E-state index is 13.4. The number of anilines is 1. The van der Waals surface area contributed by atoms with E-state index in [1.165, 1.54) is 24.3 Å². The molecule has 0 aliphatic rings. The standard InChI is InChI=1S/C26H22N2O4S/c27-17-20-13-15-24(16-14-20)33(30,31)28(22-9-2-1-3-10-22)18-23(29)19-32-26-12-6-8-21-7-4-5-11-25(21)26/h1-16,23,29H,18-19H2. The molecular formula is C26H22N2O4S. The Kier molecular flexibility index (Phi) is 6.59. The Morgan fingerprint density at radius 1 is 0.879 bits per heavy atom. The van der Waals surface area contributed by atoms with Gasteiger partial charge in [0.2, 0.25) is 0 Å². The zero-order valence-electron chi connectivity index (χ0n) is 17.7. The Bertz CT molecular complexity index is 1380. The Hall–Kier alpha value is -3.86. The molecule has 0 aromatic heterocycles. The number of aliphatic hydroxyl groups is 1. The van der Waals surface area contributed by atoms with Crippen molar-refractivity contribution in [1.82, 2.24) is 0 Å². The number of nitriles is 1. The summed E-state index contributed by atoms with van der Waals surface area (Å²) in [5.41, 5.74) is 0.787. The molecule has 1 N–H and O–H groups in total. The molecule has 0 amide bonds. The summed E-state index contributed by atoms with van der Waals surface area (Å²) in [4.78, 5) is 0.0347. The highest BCUT2D eigenvalue weighted by molar-refractivity contribution is 7.92. The van der Waals surface area contributed by atoms with Gasteiger partial charge in [-0.3, -0.25) is 4.31 Å². The van der Waals surface area contributed by atoms with Crippen LogP contribution in [0.1, 0.15) is 5.56 Å². The van der Waals surface area contributed by atoms with Crippen molar-refractivity contribution in [3.8, 4) is 11.8 Å². The lowest BCUT2D eigenvalue weighted by molar-refractivity contribution is 0.116. The van der Waals surface area contributed by atoms with Gasteiger partial charge in [-0.15, -0.1) is 0 Å². The first-order valence-electron chi connectivity index (χ1n) is 10.4. The number of rotatable bonds is 8. The van der Waals surface area contributed by atoms with E-state index in [9.17, 15) is 13.5 Å². The summed E-state index contributed by atoms with van der Waals surface area (Å²) >= 11 is 0. The highest BCUT2D eigenvalue weighted by Crippen LogP contribution is 2.27. The third kappa shape index (κ3) is 4.98. The molecule has 33 heavy (non-hydrogen) atoms. The smallest absolute Gasteiger partial charge is 0.264 e. The number of sulfonamides is 1. The first kappa shape index (κ1) is 22.3. The zero-order valence-corrected chi connectivity index (χ0v) is 18.5. The molecule has 0 bridgehead atoms. The SMILES string of the molecule is N#Cc1ccc(S(=O)(=O)N(CC(O)COc2cccc3ccccc23)c2ccccc2)cc1. The second-order valence-electron chi connectivity index (χ2n) is 7.45. The van der Waals surface area contributed by atoms with Crippen LogP contribution in [0.2, 0.25) is 0 Å². The van der Waals surface area contributed by atoms with Crippen LogP contribution in [-0.4, -0.2) is 32.8 Å². The molecule has 0 aliphatic heterocycles. The third-order valence-corrected chi connectivity index (χ3v) is 6.98. The molecule has 0 saturated heterocycles. The van der Waals surface area contributed by atoms with Gasteiger partial charge in [0.1, 0.15) is 18.5 Å². The van der Waals surface area contributed by atoms with Gasteiger partial charge in [-0.25, -0.2) is 8.42 Å². The summed E-state index contributed by atoms with van der Waals surface area (Å²) in [5, 5.41) is 21.7. The second kappa shape index (κ2) is 9.74. The van der Waals surface area contributed by atoms with Gasteiger partial charge in [0, 0.05) is 5.39 Å². The fourth-order valence-corrected chi connectivity index (χ4v) is 5.02. The summed E-state index contributed by atoms with van der Waals surface area (Å²) in [6, 6.07) is 29.7. The van der Waals surface area contributed by atoms with Gasteiger partial charge in [-0.05, 0) is 47.9 Å². The summed E-state index contributed by atoms with van der Waals surface area (Å²) < 4.78 is 33.8. The minimum atomic E-state index is -3.98. The van der Waals surface area contributed by atoms with Crippen molar-refractivity contribution in [3.05, 3.63) is 103 Å². The van der Waals surface area contributed by atoms with Crippen molar-refractivity contribution in [2.45, 2.75) is 11.0 Å². The van der Waals surface area contributed by atoms with Gasteiger partial charge in [-0.1, -0.05) is 54.6 Å². The van der Waals surface area contributed by atoms with Crippen molar-refractivity contribution in [3.63, 3.8) is 0 Å². The van der Waals surface area contributed by atoms with Crippen LogP contribution >= 0.6 is 0 Å². The van der Waals surface area contributed by atoms with Crippen LogP contribution in [0.15, 0.2) is 102 Å². The Labute approximate surface area is 193 Å². The lowest BCUT2D eigenvalue weighted by atomic mass is 10.1.